The summed E-state index contributed by atoms with van der Waals surface area (Å²) in [6.07, 6.45) is 3.23. The van der Waals surface area contributed by atoms with Crippen molar-refractivity contribution in [1.29, 1.82) is 0 Å². The van der Waals surface area contributed by atoms with Crippen LogP contribution in [0.3, 0.4) is 0 Å². The summed E-state index contributed by atoms with van der Waals surface area (Å²) >= 11 is 0. The Morgan fingerprint density at radius 2 is 1.88 bits per heavy atom. The van der Waals surface area contributed by atoms with E-state index in [1.807, 2.05) is 49.4 Å². The van der Waals surface area contributed by atoms with Crippen LogP contribution in [-0.4, -0.2) is 42.9 Å². The van der Waals surface area contributed by atoms with Gasteiger partial charge in [0.2, 0.25) is 0 Å². The van der Waals surface area contributed by atoms with Crippen molar-refractivity contribution in [1.82, 2.24) is 29.9 Å². The Morgan fingerprint density at radius 3 is 2.70 bits per heavy atom. The molecule has 3 aromatic heterocycles. The van der Waals surface area contributed by atoms with Gasteiger partial charge in [-0.1, -0.05) is 36.4 Å². The molecular weight excluding hydrogens is 416 g/mol. The summed E-state index contributed by atoms with van der Waals surface area (Å²) in [5.41, 5.74) is 4.93. The minimum atomic E-state index is -0.135. The molecular formula is C25H22N6O2. The van der Waals surface area contributed by atoms with Gasteiger partial charge in [-0.2, -0.15) is 4.52 Å². The van der Waals surface area contributed by atoms with Gasteiger partial charge in [0.25, 0.3) is 5.91 Å². The van der Waals surface area contributed by atoms with Crippen molar-refractivity contribution in [2.45, 2.75) is 20.0 Å². The largest absolute Gasteiger partial charge is 0.496 e. The third-order valence-electron chi connectivity index (χ3n) is 5.68. The average molecular weight is 438 g/mol. The van der Waals surface area contributed by atoms with Crippen molar-refractivity contribution < 1.29 is 9.53 Å². The van der Waals surface area contributed by atoms with Crippen molar-refractivity contribution in [3.05, 3.63) is 95.3 Å². The number of ether oxygens (including phenoxy) is 1. The van der Waals surface area contributed by atoms with Crippen LogP contribution in [0.4, 0.5) is 0 Å². The third-order valence-corrected chi connectivity index (χ3v) is 5.68. The van der Waals surface area contributed by atoms with Gasteiger partial charge in [-0.25, -0.2) is 0 Å². The number of aromatic nitrogens is 5. The Bertz CT molecular complexity index is 1450. The molecule has 0 spiro atoms. The molecule has 0 saturated heterocycles. The van der Waals surface area contributed by atoms with E-state index in [1.165, 1.54) is 0 Å². The fourth-order valence-corrected chi connectivity index (χ4v) is 4.11. The molecule has 0 unspecified atom stereocenters. The molecule has 1 amide bonds. The first kappa shape index (κ1) is 20.6. The van der Waals surface area contributed by atoms with Crippen LogP contribution in [0, 0.1) is 6.92 Å². The van der Waals surface area contributed by atoms with Crippen molar-refractivity contribution >= 4 is 22.5 Å². The molecule has 0 aliphatic carbocycles. The number of carbonyl (C=O) groups is 1. The number of hydrogen-bond acceptors (Lipinski definition) is 6. The van der Waals surface area contributed by atoms with Gasteiger partial charge in [0.15, 0.2) is 5.65 Å². The highest BCUT2D eigenvalue weighted by molar-refractivity contribution is 5.94. The van der Waals surface area contributed by atoms with Gasteiger partial charge in [-0.3, -0.25) is 9.78 Å². The maximum Gasteiger partial charge on any atom is 0.256 e. The quantitative estimate of drug-likeness (QED) is 0.401. The summed E-state index contributed by atoms with van der Waals surface area (Å²) in [6.45, 7) is 2.71. The zero-order chi connectivity index (χ0) is 22.8. The molecule has 0 aliphatic rings. The molecule has 0 bridgehead atoms. The molecule has 3 heterocycles. The highest BCUT2D eigenvalue weighted by Crippen LogP contribution is 2.26. The molecule has 0 saturated carbocycles. The van der Waals surface area contributed by atoms with Crippen LogP contribution in [0.1, 0.15) is 27.0 Å². The maximum absolute atomic E-state index is 13.5. The van der Waals surface area contributed by atoms with E-state index in [9.17, 15) is 4.79 Å². The standard InChI is InChI=1S/C25H22N6O2/c1-17-7-5-9-18-13-21(24-27-28-29-31(24)23(17)18)16-30(25(32)19-10-6-12-26-14-19)15-20-8-3-4-11-22(20)33-2/h3-14H,15-16H2,1-2H3. The predicted molar refractivity (Wildman–Crippen MR) is 124 cm³/mol. The average Bonchev–Trinajstić information content (AvgIpc) is 3.34. The lowest BCUT2D eigenvalue weighted by Crippen LogP contribution is -2.30. The molecule has 33 heavy (non-hydrogen) atoms. The van der Waals surface area contributed by atoms with Gasteiger partial charge in [0.1, 0.15) is 5.75 Å². The number of para-hydroxylation sites is 2. The maximum atomic E-state index is 13.5. The fraction of sp³-hybridized carbons (Fsp3) is 0.160. The molecule has 2 aromatic carbocycles. The number of nitrogens with zero attached hydrogens (tertiary/aromatic N) is 6. The molecule has 5 rings (SSSR count). The predicted octanol–water partition coefficient (Wildman–Crippen LogP) is 3.83. The first-order chi connectivity index (χ1) is 16.2. The van der Waals surface area contributed by atoms with Crippen molar-refractivity contribution in [2.75, 3.05) is 7.11 Å². The highest BCUT2D eigenvalue weighted by atomic mass is 16.5. The summed E-state index contributed by atoms with van der Waals surface area (Å²) in [5, 5.41) is 13.4. The third kappa shape index (κ3) is 3.87. The Hall–Kier alpha value is -4.33. The van der Waals surface area contributed by atoms with Gasteiger partial charge in [0, 0.05) is 35.5 Å². The SMILES string of the molecule is COc1ccccc1CN(Cc1cc2cccc(C)c2n2nnnc12)C(=O)c1cccnc1. The summed E-state index contributed by atoms with van der Waals surface area (Å²) in [6, 6.07) is 19.3. The minimum absolute atomic E-state index is 0.135. The Balaban J connectivity index is 1.60. The molecule has 0 atom stereocenters. The van der Waals surface area contributed by atoms with E-state index in [0.717, 1.165) is 33.3 Å². The second-order valence-electron chi connectivity index (χ2n) is 7.81. The highest BCUT2D eigenvalue weighted by Gasteiger charge is 2.21. The molecule has 8 heteroatoms. The Labute approximate surface area is 190 Å². The number of aryl methyl sites for hydroxylation is 1. The second kappa shape index (κ2) is 8.66. The number of methoxy groups -OCH3 is 1. The van der Waals surface area contributed by atoms with E-state index >= 15 is 0 Å². The van der Waals surface area contributed by atoms with Crippen LogP contribution < -0.4 is 4.74 Å². The number of rotatable bonds is 6. The van der Waals surface area contributed by atoms with Crippen molar-refractivity contribution in [2.24, 2.45) is 0 Å². The van der Waals surface area contributed by atoms with E-state index in [1.54, 1.807) is 41.1 Å². The smallest absolute Gasteiger partial charge is 0.256 e. The van der Waals surface area contributed by atoms with Crippen LogP contribution >= 0.6 is 0 Å². The molecule has 164 valence electrons. The van der Waals surface area contributed by atoms with Crippen molar-refractivity contribution in [3.8, 4) is 5.75 Å². The van der Waals surface area contributed by atoms with E-state index in [4.69, 9.17) is 4.74 Å². The zero-order valence-corrected chi connectivity index (χ0v) is 18.3. The lowest BCUT2D eigenvalue weighted by molar-refractivity contribution is 0.0729. The normalized spacial score (nSPS) is 11.1. The van der Waals surface area contributed by atoms with Crippen LogP contribution in [0.15, 0.2) is 73.1 Å². The topological polar surface area (TPSA) is 85.5 Å². The summed E-state index contributed by atoms with van der Waals surface area (Å²) in [5.74, 6) is 0.592. The van der Waals surface area contributed by atoms with E-state index in [-0.39, 0.29) is 5.91 Å². The fourth-order valence-electron chi connectivity index (χ4n) is 4.11. The number of benzene rings is 2. The minimum Gasteiger partial charge on any atom is -0.496 e. The molecule has 8 nitrogen and oxygen atoms in total. The molecule has 0 aliphatic heterocycles. The van der Waals surface area contributed by atoms with E-state index in [2.05, 4.69) is 26.6 Å². The first-order valence-corrected chi connectivity index (χ1v) is 10.6. The number of tetrazole rings is 1. The lowest BCUT2D eigenvalue weighted by atomic mass is 10.1. The first-order valence-electron chi connectivity index (χ1n) is 10.6. The van der Waals surface area contributed by atoms with Crippen LogP contribution in [0.25, 0.3) is 16.6 Å². The molecule has 5 aromatic rings. The zero-order valence-electron chi connectivity index (χ0n) is 18.3. The Kier molecular flexibility index (Phi) is 5.40. The number of amides is 1. The summed E-state index contributed by atoms with van der Waals surface area (Å²) in [7, 11) is 1.63. The van der Waals surface area contributed by atoms with E-state index < -0.39 is 0 Å². The monoisotopic (exact) mass is 438 g/mol. The lowest BCUT2D eigenvalue weighted by Gasteiger charge is -2.24. The van der Waals surface area contributed by atoms with Gasteiger partial charge in [0.05, 0.1) is 24.7 Å². The number of fused-ring (bicyclic) bond motifs is 3. The van der Waals surface area contributed by atoms with Crippen LogP contribution in [-0.2, 0) is 13.1 Å². The second-order valence-corrected chi connectivity index (χ2v) is 7.81. The summed E-state index contributed by atoms with van der Waals surface area (Å²) < 4.78 is 7.27. The van der Waals surface area contributed by atoms with E-state index in [0.29, 0.717) is 24.3 Å². The molecule has 0 N–H and O–H groups in total. The van der Waals surface area contributed by atoms with Crippen LogP contribution in [0.5, 0.6) is 5.75 Å². The van der Waals surface area contributed by atoms with Gasteiger partial charge >= 0.3 is 0 Å². The molecule has 0 radical (unpaired) electrons. The van der Waals surface area contributed by atoms with Gasteiger partial charge in [-0.15, -0.1) is 5.10 Å². The molecule has 0 fully saturated rings. The van der Waals surface area contributed by atoms with Crippen molar-refractivity contribution in [3.63, 3.8) is 0 Å². The van der Waals surface area contributed by atoms with Crippen LogP contribution in [0.2, 0.25) is 0 Å². The Morgan fingerprint density at radius 1 is 1.03 bits per heavy atom. The van der Waals surface area contributed by atoms with Gasteiger partial charge < -0.3 is 9.64 Å². The number of hydrogen-bond donors (Lipinski definition) is 0. The number of carbonyl (C=O) groups excluding carboxylic acids is 1. The van der Waals surface area contributed by atoms with Gasteiger partial charge in [-0.05, 0) is 47.2 Å². The summed E-state index contributed by atoms with van der Waals surface area (Å²) in [4.78, 5) is 19.4. The number of pyridine rings is 2.